The van der Waals surface area contributed by atoms with Crippen molar-refractivity contribution < 1.29 is 19.2 Å². The van der Waals surface area contributed by atoms with Crippen LogP contribution in [-0.4, -0.2) is 39.7 Å². The fourth-order valence-corrected chi connectivity index (χ4v) is 3.51. The first-order chi connectivity index (χ1) is 13.6. The summed E-state index contributed by atoms with van der Waals surface area (Å²) >= 11 is 1.30. The summed E-state index contributed by atoms with van der Waals surface area (Å²) in [7, 11) is 0. The summed E-state index contributed by atoms with van der Waals surface area (Å²) < 4.78 is 10.6. The van der Waals surface area contributed by atoms with E-state index in [1.54, 1.807) is 30.5 Å². The Hall–Kier alpha value is -3.40. The smallest absolute Gasteiger partial charge is 0.269 e. The molecule has 142 valence electrons. The van der Waals surface area contributed by atoms with Gasteiger partial charge >= 0.3 is 0 Å². The van der Waals surface area contributed by atoms with Crippen LogP contribution in [0.4, 0.5) is 5.69 Å². The van der Waals surface area contributed by atoms with Crippen LogP contribution in [0, 0.1) is 10.1 Å². The molecule has 1 amide bonds. The number of fused-ring (bicyclic) bond motifs is 1. The van der Waals surface area contributed by atoms with Gasteiger partial charge in [-0.3, -0.25) is 19.8 Å². The van der Waals surface area contributed by atoms with Gasteiger partial charge in [-0.1, -0.05) is 23.9 Å². The first kappa shape index (κ1) is 18.0. The third kappa shape index (κ3) is 3.81. The van der Waals surface area contributed by atoms with E-state index in [2.05, 4.69) is 10.2 Å². The number of rotatable bonds is 5. The van der Waals surface area contributed by atoms with Crippen molar-refractivity contribution in [2.75, 3.05) is 12.5 Å². The van der Waals surface area contributed by atoms with Crippen molar-refractivity contribution >= 4 is 34.7 Å². The Bertz CT molecular complexity index is 990. The minimum absolute atomic E-state index is 0.00749. The zero-order chi connectivity index (χ0) is 19.5. The van der Waals surface area contributed by atoms with Gasteiger partial charge in [0, 0.05) is 12.1 Å². The van der Waals surface area contributed by atoms with E-state index in [1.807, 2.05) is 6.07 Å². The van der Waals surface area contributed by atoms with Crippen molar-refractivity contribution in [1.29, 1.82) is 0 Å². The highest BCUT2D eigenvalue weighted by molar-refractivity contribution is 8.15. The molecule has 2 aromatic carbocycles. The number of benzene rings is 2. The number of amidine groups is 1. The first-order valence-electron chi connectivity index (χ1n) is 8.27. The maximum Gasteiger partial charge on any atom is 0.269 e. The Labute approximate surface area is 163 Å². The summed E-state index contributed by atoms with van der Waals surface area (Å²) in [6, 6.07) is 11.5. The number of nitro benzene ring substituents is 1. The van der Waals surface area contributed by atoms with Crippen LogP contribution in [0.5, 0.6) is 11.5 Å². The van der Waals surface area contributed by atoms with Crippen LogP contribution in [0.25, 0.3) is 0 Å². The molecule has 1 saturated heterocycles. The molecule has 0 radical (unpaired) electrons. The van der Waals surface area contributed by atoms with Crippen LogP contribution in [0.15, 0.2) is 52.7 Å². The van der Waals surface area contributed by atoms with Gasteiger partial charge in [0.25, 0.3) is 5.69 Å². The van der Waals surface area contributed by atoms with E-state index in [9.17, 15) is 14.9 Å². The van der Waals surface area contributed by atoms with Crippen LogP contribution < -0.4 is 9.47 Å². The number of nitro groups is 1. The normalized spacial score (nSPS) is 17.1. The highest BCUT2D eigenvalue weighted by Crippen LogP contribution is 2.32. The van der Waals surface area contributed by atoms with Gasteiger partial charge in [-0.05, 0) is 29.3 Å². The van der Waals surface area contributed by atoms with E-state index < -0.39 is 4.92 Å². The largest absolute Gasteiger partial charge is 0.454 e. The fourth-order valence-electron chi connectivity index (χ4n) is 2.67. The number of carbonyl (C=O) groups excluding carboxylic acids is 1. The summed E-state index contributed by atoms with van der Waals surface area (Å²) in [4.78, 5) is 24.0. The average Bonchev–Trinajstić information content (AvgIpc) is 3.29. The second kappa shape index (κ2) is 7.69. The lowest BCUT2D eigenvalue weighted by Gasteiger charge is -2.14. The number of amides is 1. The number of ether oxygens (including phenoxy) is 2. The fraction of sp³-hybridized carbons (Fsp3) is 0.167. The molecule has 1 fully saturated rings. The van der Waals surface area contributed by atoms with Gasteiger partial charge in [0.05, 0.1) is 23.4 Å². The highest BCUT2D eigenvalue weighted by Gasteiger charge is 2.28. The zero-order valence-electron chi connectivity index (χ0n) is 14.5. The average molecular weight is 398 g/mol. The molecule has 0 bridgehead atoms. The summed E-state index contributed by atoms with van der Waals surface area (Å²) in [5.41, 5.74) is 1.58. The molecule has 0 unspecified atom stereocenters. The number of hydrogen-bond donors (Lipinski definition) is 0. The first-order valence-corrected chi connectivity index (χ1v) is 9.26. The van der Waals surface area contributed by atoms with Crippen LogP contribution in [-0.2, 0) is 11.3 Å². The molecule has 4 rings (SSSR count). The molecule has 0 aromatic heterocycles. The number of hydrogen-bond acceptors (Lipinski definition) is 8. The molecule has 0 atom stereocenters. The number of nitrogens with zero attached hydrogens (tertiary/aromatic N) is 4. The molecule has 0 spiro atoms. The topological polar surface area (TPSA) is 107 Å². The predicted molar refractivity (Wildman–Crippen MR) is 104 cm³/mol. The van der Waals surface area contributed by atoms with Crippen LogP contribution in [0.2, 0.25) is 0 Å². The summed E-state index contributed by atoms with van der Waals surface area (Å²) in [6.07, 6.45) is 1.57. The molecule has 2 aliphatic heterocycles. The number of thioether (sulfide) groups is 1. The van der Waals surface area contributed by atoms with E-state index in [4.69, 9.17) is 9.47 Å². The quantitative estimate of drug-likeness (QED) is 0.435. The lowest BCUT2D eigenvalue weighted by atomic mass is 10.2. The zero-order valence-corrected chi connectivity index (χ0v) is 15.3. The molecular formula is C18H14N4O5S. The molecule has 2 aliphatic rings. The third-order valence-electron chi connectivity index (χ3n) is 4.09. The Morgan fingerprint density at radius 3 is 2.75 bits per heavy atom. The van der Waals surface area contributed by atoms with E-state index >= 15 is 0 Å². The molecule has 9 nitrogen and oxygen atoms in total. The highest BCUT2D eigenvalue weighted by atomic mass is 32.2. The molecule has 0 aliphatic carbocycles. The van der Waals surface area contributed by atoms with Crippen LogP contribution >= 0.6 is 11.8 Å². The third-order valence-corrected chi connectivity index (χ3v) is 5.04. The Morgan fingerprint density at radius 1 is 1.18 bits per heavy atom. The van der Waals surface area contributed by atoms with E-state index in [0.29, 0.717) is 16.7 Å². The van der Waals surface area contributed by atoms with Gasteiger partial charge in [-0.25, -0.2) is 0 Å². The molecular weight excluding hydrogens is 384 g/mol. The van der Waals surface area contributed by atoms with Crippen LogP contribution in [0.3, 0.4) is 0 Å². The second-order valence-corrected chi connectivity index (χ2v) is 6.87. The molecule has 0 saturated carbocycles. The van der Waals surface area contributed by atoms with Crippen molar-refractivity contribution in [1.82, 2.24) is 4.90 Å². The van der Waals surface area contributed by atoms with Gasteiger partial charge in [-0.2, -0.15) is 5.10 Å². The van der Waals surface area contributed by atoms with Crippen molar-refractivity contribution in [2.45, 2.75) is 6.54 Å². The Kier molecular flexibility index (Phi) is 4.94. The SMILES string of the molecule is O=C1CS/C(=N\N=C\c2ccc3c(c2)OCO3)N1Cc1ccc([N+](=O)[O-])cc1. The molecule has 2 aromatic rings. The second-order valence-electron chi connectivity index (χ2n) is 5.93. The summed E-state index contributed by atoms with van der Waals surface area (Å²) in [5, 5.41) is 19.5. The minimum atomic E-state index is -0.460. The van der Waals surface area contributed by atoms with Crippen molar-refractivity contribution in [2.24, 2.45) is 10.2 Å². The number of carbonyl (C=O) groups is 1. The predicted octanol–water partition coefficient (Wildman–Crippen LogP) is 2.79. The lowest BCUT2D eigenvalue weighted by Crippen LogP contribution is -2.28. The van der Waals surface area contributed by atoms with Gasteiger partial charge in [0.15, 0.2) is 16.7 Å². The van der Waals surface area contributed by atoms with E-state index in [0.717, 1.165) is 11.1 Å². The molecule has 0 N–H and O–H groups in total. The maximum absolute atomic E-state index is 12.2. The molecule has 10 heteroatoms. The minimum Gasteiger partial charge on any atom is -0.454 e. The lowest BCUT2D eigenvalue weighted by molar-refractivity contribution is -0.384. The van der Waals surface area contributed by atoms with E-state index in [-0.39, 0.29) is 30.7 Å². The monoisotopic (exact) mass is 398 g/mol. The number of non-ortho nitro benzene ring substituents is 1. The van der Waals surface area contributed by atoms with Crippen molar-refractivity contribution in [3.63, 3.8) is 0 Å². The van der Waals surface area contributed by atoms with Crippen molar-refractivity contribution in [3.8, 4) is 11.5 Å². The van der Waals surface area contributed by atoms with Crippen LogP contribution in [0.1, 0.15) is 11.1 Å². The molecule has 28 heavy (non-hydrogen) atoms. The van der Waals surface area contributed by atoms with Gasteiger partial charge in [-0.15, -0.1) is 5.10 Å². The standard InChI is InChI=1S/C18H14N4O5S/c23-17-10-28-18(21(17)9-12-1-4-14(5-2-12)22(24)25)20-19-8-13-3-6-15-16(7-13)27-11-26-15/h1-8H,9-11H2/b19-8+,20-18-. The summed E-state index contributed by atoms with van der Waals surface area (Å²) in [6.45, 7) is 0.483. The summed E-state index contributed by atoms with van der Waals surface area (Å²) in [5.74, 6) is 1.54. The molecule has 2 heterocycles. The Balaban J connectivity index is 1.46. The van der Waals surface area contributed by atoms with Gasteiger partial charge in [0.2, 0.25) is 12.7 Å². The van der Waals surface area contributed by atoms with Crippen molar-refractivity contribution in [3.05, 3.63) is 63.7 Å². The van der Waals surface area contributed by atoms with Gasteiger partial charge < -0.3 is 9.47 Å². The Morgan fingerprint density at radius 2 is 1.96 bits per heavy atom. The van der Waals surface area contributed by atoms with Gasteiger partial charge in [0.1, 0.15) is 0 Å². The van der Waals surface area contributed by atoms with E-state index in [1.165, 1.54) is 28.8 Å². The maximum atomic E-state index is 12.2.